The van der Waals surface area contributed by atoms with Crippen LogP contribution in [0.1, 0.15) is 12.5 Å². The van der Waals surface area contributed by atoms with Crippen molar-refractivity contribution in [2.45, 2.75) is 18.7 Å². The number of anilines is 2. The number of nitro groups is 1. The van der Waals surface area contributed by atoms with Crippen LogP contribution in [-0.2, 0) is 14.8 Å². The van der Waals surface area contributed by atoms with E-state index in [1.54, 1.807) is 62.4 Å². The van der Waals surface area contributed by atoms with E-state index in [0.29, 0.717) is 22.7 Å². The Hall–Kier alpha value is -3.92. The van der Waals surface area contributed by atoms with E-state index in [2.05, 4.69) is 5.32 Å². The zero-order valence-electron chi connectivity index (χ0n) is 18.1. The Labute approximate surface area is 191 Å². The summed E-state index contributed by atoms with van der Waals surface area (Å²) in [6.07, 6.45) is 0. The molecule has 9 nitrogen and oxygen atoms in total. The molecule has 0 saturated carbocycles. The highest BCUT2D eigenvalue weighted by atomic mass is 32.2. The van der Waals surface area contributed by atoms with Crippen LogP contribution < -0.4 is 14.4 Å². The van der Waals surface area contributed by atoms with E-state index in [0.717, 1.165) is 0 Å². The van der Waals surface area contributed by atoms with Gasteiger partial charge < -0.3 is 10.1 Å². The molecule has 3 aromatic rings. The lowest BCUT2D eigenvalue weighted by molar-refractivity contribution is -0.385. The number of rotatable bonds is 9. The van der Waals surface area contributed by atoms with Crippen molar-refractivity contribution in [3.05, 3.63) is 88.5 Å². The van der Waals surface area contributed by atoms with E-state index < -0.39 is 20.9 Å². The van der Waals surface area contributed by atoms with Gasteiger partial charge in [0.1, 0.15) is 5.75 Å². The van der Waals surface area contributed by atoms with Gasteiger partial charge >= 0.3 is 0 Å². The van der Waals surface area contributed by atoms with E-state index in [4.69, 9.17) is 4.74 Å². The van der Waals surface area contributed by atoms with Crippen molar-refractivity contribution >= 4 is 33.0 Å². The molecule has 10 heteroatoms. The first-order chi connectivity index (χ1) is 15.7. The summed E-state index contributed by atoms with van der Waals surface area (Å²) >= 11 is 0. The monoisotopic (exact) mass is 469 g/mol. The maximum atomic E-state index is 12.9. The number of carbonyl (C=O) groups excluding carboxylic acids is 1. The normalized spacial score (nSPS) is 11.0. The number of amides is 1. The first kappa shape index (κ1) is 23.7. The Morgan fingerprint density at radius 1 is 1.03 bits per heavy atom. The van der Waals surface area contributed by atoms with E-state index in [1.165, 1.54) is 28.6 Å². The highest BCUT2D eigenvalue weighted by Gasteiger charge is 2.23. The summed E-state index contributed by atoms with van der Waals surface area (Å²) in [6.45, 7) is 3.21. The predicted octanol–water partition coefficient (Wildman–Crippen LogP) is 4.14. The number of benzene rings is 3. The molecule has 0 atom stereocenters. The fourth-order valence-corrected chi connectivity index (χ4v) is 4.71. The Kier molecular flexibility index (Phi) is 7.29. The van der Waals surface area contributed by atoms with Crippen molar-refractivity contribution in [3.8, 4) is 5.75 Å². The molecule has 1 N–H and O–H groups in total. The highest BCUT2D eigenvalue weighted by Crippen LogP contribution is 2.26. The predicted molar refractivity (Wildman–Crippen MR) is 125 cm³/mol. The molecule has 0 aliphatic rings. The molecule has 1 amide bonds. The molecule has 0 unspecified atom stereocenters. The maximum Gasteiger partial charge on any atom is 0.274 e. The minimum absolute atomic E-state index is 0.0877. The van der Waals surface area contributed by atoms with E-state index in [-0.39, 0.29) is 23.7 Å². The number of nitro benzene ring substituents is 1. The van der Waals surface area contributed by atoms with Crippen LogP contribution in [0.2, 0.25) is 0 Å². The molecule has 0 fully saturated rings. The summed E-state index contributed by atoms with van der Waals surface area (Å²) in [7, 11) is -3.71. The lowest BCUT2D eigenvalue weighted by Gasteiger charge is -2.23. The van der Waals surface area contributed by atoms with E-state index >= 15 is 0 Å². The molecule has 33 heavy (non-hydrogen) atoms. The molecule has 3 aromatic carbocycles. The van der Waals surface area contributed by atoms with Crippen LogP contribution in [0.15, 0.2) is 77.7 Å². The number of nitrogens with one attached hydrogen (secondary N) is 1. The lowest BCUT2D eigenvalue weighted by Crippen LogP contribution is -2.30. The second-order valence-corrected chi connectivity index (χ2v) is 8.88. The zero-order chi connectivity index (χ0) is 24.0. The fraction of sp³-hybridized carbons (Fsp3) is 0.174. The summed E-state index contributed by atoms with van der Waals surface area (Å²) in [5.74, 6) is -0.109. The Bertz CT molecular complexity index is 1240. The Balaban J connectivity index is 1.66. The Morgan fingerprint density at radius 2 is 1.70 bits per heavy atom. The van der Waals surface area contributed by atoms with Crippen molar-refractivity contribution in [3.63, 3.8) is 0 Å². The third kappa shape index (κ3) is 5.47. The summed E-state index contributed by atoms with van der Waals surface area (Å²) < 4.78 is 32.6. The fourth-order valence-electron chi connectivity index (χ4n) is 3.21. The van der Waals surface area contributed by atoms with E-state index in [1.807, 2.05) is 0 Å². The van der Waals surface area contributed by atoms with Gasteiger partial charge in [-0.3, -0.25) is 19.2 Å². The van der Waals surface area contributed by atoms with Crippen LogP contribution >= 0.6 is 0 Å². The number of carbonyl (C=O) groups is 1. The average Bonchev–Trinajstić information content (AvgIpc) is 2.80. The molecule has 3 rings (SSSR count). The molecule has 0 saturated heterocycles. The first-order valence-corrected chi connectivity index (χ1v) is 11.5. The number of hydrogen-bond acceptors (Lipinski definition) is 6. The summed E-state index contributed by atoms with van der Waals surface area (Å²) in [6, 6.07) is 18.9. The summed E-state index contributed by atoms with van der Waals surface area (Å²) in [5, 5.41) is 13.6. The van der Waals surface area contributed by atoms with Gasteiger partial charge in [-0.15, -0.1) is 0 Å². The van der Waals surface area contributed by atoms with Gasteiger partial charge in [0.15, 0.2) is 6.61 Å². The quantitative estimate of drug-likeness (QED) is 0.372. The Morgan fingerprint density at radius 3 is 2.30 bits per heavy atom. The number of hydrogen-bond donors (Lipinski definition) is 1. The van der Waals surface area contributed by atoms with Crippen LogP contribution in [0.25, 0.3) is 0 Å². The van der Waals surface area contributed by atoms with Crippen LogP contribution in [0, 0.1) is 17.0 Å². The third-order valence-electron chi connectivity index (χ3n) is 4.89. The van der Waals surface area contributed by atoms with Gasteiger partial charge in [-0.2, -0.15) is 0 Å². The molecule has 0 spiro atoms. The van der Waals surface area contributed by atoms with Gasteiger partial charge in [0, 0.05) is 12.6 Å². The lowest BCUT2D eigenvalue weighted by atomic mass is 10.1. The maximum absolute atomic E-state index is 12.9. The van der Waals surface area contributed by atoms with Gasteiger partial charge in [-0.1, -0.05) is 24.3 Å². The second-order valence-electron chi connectivity index (χ2n) is 7.02. The highest BCUT2D eigenvalue weighted by molar-refractivity contribution is 7.92. The molecular weight excluding hydrogens is 446 g/mol. The summed E-state index contributed by atoms with van der Waals surface area (Å²) in [5.41, 5.74) is 1.05. The molecule has 0 aliphatic heterocycles. The van der Waals surface area contributed by atoms with Crippen LogP contribution in [0.4, 0.5) is 17.1 Å². The molecule has 0 radical (unpaired) electrons. The SMILES string of the molecule is CCN(c1ccc(OCC(=O)Nc2cccc([N+](=O)[O-])c2C)cc1)S(=O)(=O)c1ccccc1. The molecule has 0 heterocycles. The van der Waals surface area contributed by atoms with Gasteiger partial charge in [-0.05, 0) is 56.3 Å². The van der Waals surface area contributed by atoms with E-state index in [9.17, 15) is 23.3 Å². The number of nitrogens with zero attached hydrogens (tertiary/aromatic N) is 2. The van der Waals surface area contributed by atoms with Crippen LogP contribution in [0.3, 0.4) is 0 Å². The third-order valence-corrected chi connectivity index (χ3v) is 6.81. The standard InChI is InChI=1S/C23H23N3O6S/c1-3-25(33(30,31)20-8-5-4-6-9-20)18-12-14-19(15-13-18)32-16-23(27)24-21-10-7-11-22(17(21)2)26(28)29/h4-15H,3,16H2,1-2H3,(H,24,27). The van der Waals surface area contributed by atoms with Crippen molar-refractivity contribution < 1.29 is 22.9 Å². The number of ether oxygens (including phenoxy) is 1. The van der Waals surface area contributed by atoms with Crippen molar-refractivity contribution in [2.24, 2.45) is 0 Å². The largest absolute Gasteiger partial charge is 0.484 e. The van der Waals surface area contributed by atoms with Gasteiger partial charge in [0.05, 0.1) is 26.8 Å². The molecule has 0 aromatic heterocycles. The topological polar surface area (TPSA) is 119 Å². The summed E-state index contributed by atoms with van der Waals surface area (Å²) in [4.78, 5) is 23.0. The minimum Gasteiger partial charge on any atom is -0.484 e. The molecule has 172 valence electrons. The zero-order valence-corrected chi connectivity index (χ0v) is 18.9. The van der Waals surface area contributed by atoms with Crippen LogP contribution in [0.5, 0.6) is 5.75 Å². The van der Waals surface area contributed by atoms with Gasteiger partial charge in [-0.25, -0.2) is 8.42 Å². The van der Waals surface area contributed by atoms with Gasteiger partial charge in [0.25, 0.3) is 21.6 Å². The molecular formula is C23H23N3O6S. The van der Waals surface area contributed by atoms with Crippen LogP contribution in [-0.4, -0.2) is 32.4 Å². The molecule has 0 bridgehead atoms. The average molecular weight is 470 g/mol. The van der Waals surface area contributed by atoms with Crippen molar-refractivity contribution in [2.75, 3.05) is 22.8 Å². The molecule has 0 aliphatic carbocycles. The van der Waals surface area contributed by atoms with Crippen molar-refractivity contribution in [1.82, 2.24) is 0 Å². The van der Waals surface area contributed by atoms with Crippen molar-refractivity contribution in [1.29, 1.82) is 0 Å². The second kappa shape index (κ2) is 10.1. The smallest absolute Gasteiger partial charge is 0.274 e. The minimum atomic E-state index is -3.71. The van der Waals surface area contributed by atoms with Gasteiger partial charge in [0.2, 0.25) is 0 Å². The first-order valence-electron chi connectivity index (χ1n) is 10.1. The number of sulfonamides is 1.